The number of nitrogens with zero attached hydrogens (tertiary/aromatic N) is 1. The van der Waals surface area contributed by atoms with Crippen molar-refractivity contribution in [3.63, 3.8) is 0 Å². The summed E-state index contributed by atoms with van der Waals surface area (Å²) in [5.74, 6) is -0.577. The molecule has 0 saturated heterocycles. The number of carboxylic acid groups (broad SMARTS) is 1. The van der Waals surface area contributed by atoms with Crippen LogP contribution in [0.25, 0.3) is 21.3 Å². The second kappa shape index (κ2) is 5.54. The molecule has 3 rings (SSSR count). The van der Waals surface area contributed by atoms with Gasteiger partial charge in [0, 0.05) is 16.6 Å². The van der Waals surface area contributed by atoms with Gasteiger partial charge in [0.05, 0.1) is 0 Å². The fourth-order valence-electron chi connectivity index (χ4n) is 2.47. The van der Waals surface area contributed by atoms with Crippen LogP contribution in [0.4, 0.5) is 0 Å². The minimum Gasteiger partial charge on any atom is -0.477 e. The van der Waals surface area contributed by atoms with E-state index in [1.807, 2.05) is 43.3 Å². The Labute approximate surface area is 133 Å². The predicted octanol–water partition coefficient (Wildman–Crippen LogP) is 5.09. The van der Waals surface area contributed by atoms with E-state index in [2.05, 4.69) is 18.8 Å². The van der Waals surface area contributed by atoms with Crippen LogP contribution in [0.2, 0.25) is 0 Å². The molecule has 0 aliphatic carbocycles. The largest absolute Gasteiger partial charge is 0.477 e. The van der Waals surface area contributed by atoms with E-state index in [1.54, 1.807) is 0 Å². The monoisotopic (exact) mass is 311 g/mol. The number of thiophene rings is 1. The van der Waals surface area contributed by atoms with Gasteiger partial charge in [-0.2, -0.15) is 0 Å². The average Bonchev–Trinajstić information content (AvgIpc) is 2.86. The van der Waals surface area contributed by atoms with Gasteiger partial charge < -0.3 is 5.11 Å². The van der Waals surface area contributed by atoms with E-state index in [4.69, 9.17) is 0 Å². The second-order valence-electron chi connectivity index (χ2n) is 5.72. The zero-order chi connectivity index (χ0) is 15.9. The second-order valence-corrected chi connectivity index (χ2v) is 6.72. The van der Waals surface area contributed by atoms with Crippen molar-refractivity contribution in [1.82, 2.24) is 4.98 Å². The van der Waals surface area contributed by atoms with E-state index in [0.717, 1.165) is 32.6 Å². The first-order chi connectivity index (χ1) is 10.5. The molecule has 3 aromatic rings. The summed E-state index contributed by atoms with van der Waals surface area (Å²) in [6.07, 6.45) is 0. The van der Waals surface area contributed by atoms with Crippen molar-refractivity contribution in [1.29, 1.82) is 0 Å². The Balaban J connectivity index is 2.29. The summed E-state index contributed by atoms with van der Waals surface area (Å²) >= 11 is 1.25. The molecule has 2 aromatic heterocycles. The zero-order valence-corrected chi connectivity index (χ0v) is 13.6. The third kappa shape index (κ3) is 2.50. The topological polar surface area (TPSA) is 50.2 Å². The fourth-order valence-corrected chi connectivity index (χ4v) is 3.51. The molecule has 1 aromatic carbocycles. The summed E-state index contributed by atoms with van der Waals surface area (Å²) in [7, 11) is 0. The van der Waals surface area contributed by atoms with E-state index < -0.39 is 5.97 Å². The smallest absolute Gasteiger partial charge is 0.346 e. The number of carboxylic acids is 1. The van der Waals surface area contributed by atoms with Crippen LogP contribution >= 0.6 is 11.3 Å². The van der Waals surface area contributed by atoms with Crippen LogP contribution in [0, 0.1) is 6.92 Å². The Kier molecular flexibility index (Phi) is 3.71. The maximum absolute atomic E-state index is 11.6. The number of aromatic nitrogens is 1. The minimum atomic E-state index is -0.898. The van der Waals surface area contributed by atoms with E-state index in [-0.39, 0.29) is 0 Å². The molecule has 4 heteroatoms. The van der Waals surface area contributed by atoms with Crippen molar-refractivity contribution in [2.45, 2.75) is 26.7 Å². The first-order valence-corrected chi connectivity index (χ1v) is 8.03. The molecular weight excluding hydrogens is 294 g/mol. The molecule has 0 spiro atoms. The number of hydrogen-bond donors (Lipinski definition) is 1. The number of pyridine rings is 1. The normalized spacial score (nSPS) is 11.3. The molecule has 0 radical (unpaired) electrons. The van der Waals surface area contributed by atoms with Gasteiger partial charge in [0.15, 0.2) is 0 Å². The highest BCUT2D eigenvalue weighted by atomic mass is 32.1. The first-order valence-electron chi connectivity index (χ1n) is 7.21. The van der Waals surface area contributed by atoms with Crippen LogP contribution in [0.1, 0.15) is 40.7 Å². The highest BCUT2D eigenvalue weighted by Gasteiger charge is 2.20. The van der Waals surface area contributed by atoms with Crippen molar-refractivity contribution < 1.29 is 9.90 Å². The number of aryl methyl sites for hydroxylation is 1. The number of fused-ring (bicyclic) bond motifs is 1. The molecule has 0 amide bonds. The summed E-state index contributed by atoms with van der Waals surface area (Å²) in [6.45, 7) is 6.19. The number of benzene rings is 1. The van der Waals surface area contributed by atoms with Gasteiger partial charge in [0.2, 0.25) is 0 Å². The summed E-state index contributed by atoms with van der Waals surface area (Å²) in [4.78, 5) is 17.4. The zero-order valence-electron chi connectivity index (χ0n) is 12.8. The molecule has 1 N–H and O–H groups in total. The lowest BCUT2D eigenvalue weighted by Crippen LogP contribution is -1.94. The van der Waals surface area contributed by atoms with E-state index >= 15 is 0 Å². The lowest BCUT2D eigenvalue weighted by molar-refractivity contribution is 0.0703. The third-order valence-electron chi connectivity index (χ3n) is 3.70. The molecule has 0 atom stereocenters. The Bertz CT molecular complexity index is 847. The lowest BCUT2D eigenvalue weighted by Gasteiger charge is -2.05. The van der Waals surface area contributed by atoms with E-state index in [0.29, 0.717) is 10.8 Å². The van der Waals surface area contributed by atoms with Gasteiger partial charge in [0.25, 0.3) is 0 Å². The van der Waals surface area contributed by atoms with Gasteiger partial charge in [-0.1, -0.05) is 43.7 Å². The molecule has 112 valence electrons. The van der Waals surface area contributed by atoms with Crippen LogP contribution in [-0.4, -0.2) is 16.1 Å². The number of carbonyl (C=O) groups is 1. The predicted molar refractivity (Wildman–Crippen MR) is 90.8 cm³/mol. The minimum absolute atomic E-state index is 0.322. The maximum atomic E-state index is 11.6. The van der Waals surface area contributed by atoms with Crippen molar-refractivity contribution in [3.05, 3.63) is 52.5 Å². The summed E-state index contributed by atoms with van der Waals surface area (Å²) in [5.41, 5.74) is 3.84. The number of aromatic carboxylic acids is 1. The Morgan fingerprint density at radius 3 is 2.41 bits per heavy atom. The molecule has 0 fully saturated rings. The van der Waals surface area contributed by atoms with E-state index in [1.165, 1.54) is 11.3 Å². The van der Waals surface area contributed by atoms with Gasteiger partial charge >= 0.3 is 5.97 Å². The van der Waals surface area contributed by atoms with Crippen molar-refractivity contribution in [2.75, 3.05) is 0 Å². The van der Waals surface area contributed by atoms with Crippen molar-refractivity contribution in [2.24, 2.45) is 0 Å². The third-order valence-corrected chi connectivity index (χ3v) is 4.79. The molecule has 3 nitrogen and oxygen atoms in total. The summed E-state index contributed by atoms with van der Waals surface area (Å²) in [6, 6.07) is 11.9. The molecule has 0 unspecified atom stereocenters. The standard InChI is InChI=1S/C18H17NO2S/c1-10(2)14-9-8-13-15(12-6-4-11(3)5-7-12)16(18(20)21)22-17(13)19-14/h4-10H,1-3H3,(H,20,21). The van der Waals surface area contributed by atoms with Crippen LogP contribution < -0.4 is 0 Å². The molecule has 2 heterocycles. The molecule has 0 bridgehead atoms. The van der Waals surface area contributed by atoms with Gasteiger partial charge in [-0.15, -0.1) is 11.3 Å². The van der Waals surface area contributed by atoms with Crippen LogP contribution in [0.5, 0.6) is 0 Å². The van der Waals surface area contributed by atoms with Crippen molar-refractivity contribution in [3.8, 4) is 11.1 Å². The van der Waals surface area contributed by atoms with Gasteiger partial charge in [-0.25, -0.2) is 9.78 Å². The molecular formula is C18H17NO2S. The molecule has 22 heavy (non-hydrogen) atoms. The fraction of sp³-hybridized carbons (Fsp3) is 0.222. The molecule has 0 aliphatic heterocycles. The maximum Gasteiger partial charge on any atom is 0.346 e. The highest BCUT2D eigenvalue weighted by Crippen LogP contribution is 2.38. The first kappa shape index (κ1) is 14.7. The summed E-state index contributed by atoms with van der Waals surface area (Å²) < 4.78 is 0. The number of hydrogen-bond acceptors (Lipinski definition) is 3. The van der Waals surface area contributed by atoms with Gasteiger partial charge in [-0.05, 0) is 30.5 Å². The van der Waals surface area contributed by atoms with Crippen LogP contribution in [0.15, 0.2) is 36.4 Å². The Morgan fingerprint density at radius 1 is 1.14 bits per heavy atom. The van der Waals surface area contributed by atoms with Gasteiger partial charge in [-0.3, -0.25) is 0 Å². The number of rotatable bonds is 3. The van der Waals surface area contributed by atoms with E-state index in [9.17, 15) is 9.90 Å². The van der Waals surface area contributed by atoms with Crippen LogP contribution in [-0.2, 0) is 0 Å². The van der Waals surface area contributed by atoms with Crippen LogP contribution in [0.3, 0.4) is 0 Å². The lowest BCUT2D eigenvalue weighted by atomic mass is 10.0. The highest BCUT2D eigenvalue weighted by molar-refractivity contribution is 7.21. The van der Waals surface area contributed by atoms with Crippen molar-refractivity contribution >= 4 is 27.5 Å². The molecule has 0 saturated carbocycles. The Morgan fingerprint density at radius 2 is 1.82 bits per heavy atom. The molecule has 0 aliphatic rings. The Hall–Kier alpha value is -2.20. The average molecular weight is 311 g/mol. The SMILES string of the molecule is Cc1ccc(-c2c(C(=O)O)sc3nc(C(C)C)ccc23)cc1. The van der Waals surface area contributed by atoms with Gasteiger partial charge in [0.1, 0.15) is 9.71 Å². The summed E-state index contributed by atoms with van der Waals surface area (Å²) in [5, 5.41) is 10.5. The quantitative estimate of drug-likeness (QED) is 0.732.